The van der Waals surface area contributed by atoms with Crippen molar-refractivity contribution in [2.24, 2.45) is 0 Å². The summed E-state index contributed by atoms with van der Waals surface area (Å²) in [4.78, 5) is 23.2. The highest BCUT2D eigenvalue weighted by Crippen LogP contribution is 2.06. The molecular formula is C17H21N3O3S. The van der Waals surface area contributed by atoms with Crippen molar-refractivity contribution in [2.75, 3.05) is 12.0 Å². The Labute approximate surface area is 145 Å². The molecule has 0 saturated heterocycles. The molecule has 6 nitrogen and oxygen atoms in total. The van der Waals surface area contributed by atoms with Crippen molar-refractivity contribution < 1.29 is 14.7 Å². The van der Waals surface area contributed by atoms with Crippen LogP contribution in [0.4, 0.5) is 0 Å². The van der Waals surface area contributed by atoms with Crippen molar-refractivity contribution in [3.63, 3.8) is 0 Å². The van der Waals surface area contributed by atoms with Crippen molar-refractivity contribution in [1.29, 1.82) is 5.26 Å². The lowest BCUT2D eigenvalue weighted by atomic mass is 10.1. The number of hydrogen-bond acceptors (Lipinski definition) is 5. The summed E-state index contributed by atoms with van der Waals surface area (Å²) in [6, 6.07) is 8.56. The number of carbonyl (C=O) groups excluding carboxylic acids is 1. The number of benzene rings is 1. The first kappa shape index (κ1) is 19.6. The molecule has 128 valence electrons. The largest absolute Gasteiger partial charge is 0.480 e. The molecule has 1 aromatic carbocycles. The molecule has 1 aromatic rings. The Kier molecular flexibility index (Phi) is 8.44. The number of carboxylic acids is 1. The Morgan fingerprint density at radius 1 is 1.42 bits per heavy atom. The minimum Gasteiger partial charge on any atom is -0.480 e. The van der Waals surface area contributed by atoms with Gasteiger partial charge in [-0.05, 0) is 36.5 Å². The predicted octanol–water partition coefficient (Wildman–Crippen LogP) is 1.81. The molecule has 0 aromatic heterocycles. The molecule has 7 heteroatoms. The number of nitrogens with one attached hydrogen (secondary N) is 2. The first-order valence-corrected chi connectivity index (χ1v) is 8.79. The summed E-state index contributed by atoms with van der Waals surface area (Å²) in [7, 11) is 0. The maximum absolute atomic E-state index is 12.0. The summed E-state index contributed by atoms with van der Waals surface area (Å²) < 4.78 is 0. The zero-order chi connectivity index (χ0) is 17.9. The molecule has 0 spiro atoms. The van der Waals surface area contributed by atoms with Crippen LogP contribution >= 0.6 is 11.8 Å². The van der Waals surface area contributed by atoms with Gasteiger partial charge < -0.3 is 15.7 Å². The minimum absolute atomic E-state index is 0.154. The monoisotopic (exact) mass is 347 g/mol. The second kappa shape index (κ2) is 10.3. The van der Waals surface area contributed by atoms with E-state index < -0.39 is 17.9 Å². The second-order valence-corrected chi connectivity index (χ2v) is 6.11. The maximum Gasteiger partial charge on any atom is 0.326 e. The fourth-order valence-electron chi connectivity index (χ4n) is 1.95. The van der Waals surface area contributed by atoms with Crippen molar-refractivity contribution in [2.45, 2.75) is 25.9 Å². The van der Waals surface area contributed by atoms with Gasteiger partial charge in [0.25, 0.3) is 5.91 Å². The van der Waals surface area contributed by atoms with E-state index in [1.165, 1.54) is 18.0 Å². The Bertz CT molecular complexity index is 653. The van der Waals surface area contributed by atoms with Crippen LogP contribution in [0.3, 0.4) is 0 Å². The average molecular weight is 347 g/mol. The lowest BCUT2D eigenvalue weighted by Gasteiger charge is -2.13. The molecule has 24 heavy (non-hydrogen) atoms. The standard InChI is InChI=1S/C17H21N3O3S/c1-12-5-3-4-6-13(12)10-19-11-14(9-18)16(21)20-15(17(22)23)7-8-24-2/h3-6,11,15,19H,7-8,10H2,1-2H3,(H,20,21)(H,22,23)/b14-11-. The van der Waals surface area contributed by atoms with Gasteiger partial charge in [-0.3, -0.25) is 4.79 Å². The van der Waals surface area contributed by atoms with Crippen LogP contribution in [0.2, 0.25) is 0 Å². The molecule has 1 rings (SSSR count). The van der Waals surface area contributed by atoms with E-state index in [2.05, 4.69) is 10.6 Å². The van der Waals surface area contributed by atoms with Crippen LogP contribution in [0.15, 0.2) is 36.0 Å². The van der Waals surface area contributed by atoms with E-state index in [0.717, 1.165) is 11.1 Å². The molecule has 0 aliphatic carbocycles. The van der Waals surface area contributed by atoms with E-state index in [4.69, 9.17) is 10.4 Å². The molecule has 0 aliphatic heterocycles. The van der Waals surface area contributed by atoms with Crippen molar-refractivity contribution in [1.82, 2.24) is 10.6 Å². The molecule has 0 aliphatic rings. The number of amides is 1. The molecule has 3 N–H and O–H groups in total. The van der Waals surface area contributed by atoms with Gasteiger partial charge in [0.05, 0.1) is 0 Å². The predicted molar refractivity (Wildman–Crippen MR) is 94.3 cm³/mol. The molecule has 1 amide bonds. The number of aryl methyl sites for hydroxylation is 1. The van der Waals surface area contributed by atoms with E-state index in [1.807, 2.05) is 37.4 Å². The van der Waals surface area contributed by atoms with Gasteiger partial charge in [-0.2, -0.15) is 17.0 Å². The number of carbonyl (C=O) groups is 2. The third kappa shape index (κ3) is 6.34. The number of thioether (sulfide) groups is 1. The summed E-state index contributed by atoms with van der Waals surface area (Å²) in [5, 5.41) is 23.5. The van der Waals surface area contributed by atoms with Gasteiger partial charge in [-0.1, -0.05) is 24.3 Å². The normalized spacial score (nSPS) is 12.1. The zero-order valence-corrected chi connectivity index (χ0v) is 14.5. The SMILES string of the molecule is CSCCC(NC(=O)/C(C#N)=C\NCc1ccccc1C)C(=O)O. The lowest BCUT2D eigenvalue weighted by Crippen LogP contribution is -2.41. The van der Waals surface area contributed by atoms with E-state index in [1.54, 1.807) is 6.07 Å². The van der Waals surface area contributed by atoms with Crippen LogP contribution < -0.4 is 10.6 Å². The average Bonchev–Trinajstić information content (AvgIpc) is 2.56. The van der Waals surface area contributed by atoms with Gasteiger partial charge in [0.15, 0.2) is 0 Å². The van der Waals surface area contributed by atoms with Crippen LogP contribution in [-0.4, -0.2) is 35.0 Å². The molecule has 1 unspecified atom stereocenters. The minimum atomic E-state index is -1.11. The van der Waals surface area contributed by atoms with E-state index in [-0.39, 0.29) is 5.57 Å². The summed E-state index contributed by atoms with van der Waals surface area (Å²) in [6.07, 6.45) is 3.48. The number of carboxylic acid groups (broad SMARTS) is 1. The number of nitrogens with zero attached hydrogens (tertiary/aromatic N) is 1. The quantitative estimate of drug-likeness (QED) is 0.465. The van der Waals surface area contributed by atoms with Crippen LogP contribution in [0.25, 0.3) is 0 Å². The zero-order valence-electron chi connectivity index (χ0n) is 13.7. The van der Waals surface area contributed by atoms with E-state index >= 15 is 0 Å². The summed E-state index contributed by atoms with van der Waals surface area (Å²) in [5.74, 6) is -1.19. The maximum atomic E-state index is 12.0. The summed E-state index contributed by atoms with van der Waals surface area (Å²) in [6.45, 7) is 2.45. The highest BCUT2D eigenvalue weighted by Gasteiger charge is 2.21. The van der Waals surface area contributed by atoms with Crippen LogP contribution in [0, 0.1) is 18.3 Å². The molecule has 0 heterocycles. The number of aliphatic carboxylic acids is 1. The second-order valence-electron chi connectivity index (χ2n) is 5.12. The van der Waals surface area contributed by atoms with Crippen LogP contribution in [0.1, 0.15) is 17.5 Å². The Morgan fingerprint density at radius 3 is 2.71 bits per heavy atom. The van der Waals surface area contributed by atoms with Crippen molar-refractivity contribution in [3.8, 4) is 6.07 Å². The topological polar surface area (TPSA) is 102 Å². The number of hydrogen-bond donors (Lipinski definition) is 3. The third-order valence-corrected chi connectivity index (χ3v) is 4.02. The Hall–Kier alpha value is -2.46. The lowest BCUT2D eigenvalue weighted by molar-refractivity contribution is -0.141. The third-order valence-electron chi connectivity index (χ3n) is 3.38. The van der Waals surface area contributed by atoms with Gasteiger partial charge in [-0.25, -0.2) is 4.79 Å². The first-order chi connectivity index (χ1) is 11.5. The molecule has 0 bridgehead atoms. The summed E-state index contributed by atoms with van der Waals surface area (Å²) in [5.41, 5.74) is 2.00. The van der Waals surface area contributed by atoms with E-state index in [9.17, 15) is 9.59 Å². The fourth-order valence-corrected chi connectivity index (χ4v) is 2.42. The van der Waals surface area contributed by atoms with Gasteiger partial charge in [0.2, 0.25) is 0 Å². The highest BCUT2D eigenvalue weighted by molar-refractivity contribution is 7.98. The first-order valence-electron chi connectivity index (χ1n) is 7.40. The van der Waals surface area contributed by atoms with Gasteiger partial charge >= 0.3 is 5.97 Å². The molecule has 0 fully saturated rings. The number of rotatable bonds is 9. The Morgan fingerprint density at radius 2 is 2.12 bits per heavy atom. The molecule has 0 saturated carbocycles. The summed E-state index contributed by atoms with van der Waals surface area (Å²) >= 11 is 1.49. The van der Waals surface area contributed by atoms with Gasteiger partial charge in [0, 0.05) is 12.7 Å². The molecular weight excluding hydrogens is 326 g/mol. The molecule has 0 radical (unpaired) electrons. The van der Waals surface area contributed by atoms with Crippen molar-refractivity contribution in [3.05, 3.63) is 47.2 Å². The van der Waals surface area contributed by atoms with Gasteiger partial charge in [-0.15, -0.1) is 0 Å². The van der Waals surface area contributed by atoms with E-state index in [0.29, 0.717) is 18.7 Å². The van der Waals surface area contributed by atoms with Crippen LogP contribution in [-0.2, 0) is 16.1 Å². The number of nitriles is 1. The smallest absolute Gasteiger partial charge is 0.326 e. The van der Waals surface area contributed by atoms with Crippen molar-refractivity contribution >= 4 is 23.6 Å². The van der Waals surface area contributed by atoms with Crippen LogP contribution in [0.5, 0.6) is 0 Å². The molecule has 1 atom stereocenters. The Balaban J connectivity index is 2.66. The highest BCUT2D eigenvalue weighted by atomic mass is 32.2. The fraction of sp³-hybridized carbons (Fsp3) is 0.353. The van der Waals surface area contributed by atoms with Gasteiger partial charge in [0.1, 0.15) is 17.7 Å².